The minimum atomic E-state index is -0.167. The highest BCUT2D eigenvalue weighted by molar-refractivity contribution is 4.76. The Morgan fingerprint density at radius 1 is 0.808 bits per heavy atom. The number of hydrogen-bond acceptors (Lipinski definition) is 4. The molecule has 158 valence electrons. The van der Waals surface area contributed by atoms with E-state index in [1.54, 1.807) is 13.8 Å². The lowest BCUT2D eigenvalue weighted by Crippen LogP contribution is -2.43. The van der Waals surface area contributed by atoms with Gasteiger partial charge in [0.1, 0.15) is 0 Å². The van der Waals surface area contributed by atoms with E-state index in [0.717, 1.165) is 18.5 Å². The zero-order valence-corrected chi connectivity index (χ0v) is 19.2. The van der Waals surface area contributed by atoms with Gasteiger partial charge in [0.25, 0.3) is 0 Å². The first-order chi connectivity index (χ1) is 12.0. The minimum Gasteiger partial charge on any atom is -0.394 e. The number of nitrogens with zero attached hydrogens (tertiary/aromatic N) is 2. The highest BCUT2D eigenvalue weighted by atomic mass is 16.5. The fourth-order valence-corrected chi connectivity index (χ4v) is 3.37. The largest absolute Gasteiger partial charge is 0.394 e. The summed E-state index contributed by atoms with van der Waals surface area (Å²) in [6.07, 6.45) is 4.60. The van der Waals surface area contributed by atoms with Crippen LogP contribution in [0.2, 0.25) is 0 Å². The summed E-state index contributed by atoms with van der Waals surface area (Å²) < 4.78 is 5.83. The first kappa shape index (κ1) is 25.8. The molecule has 0 aromatic rings. The van der Waals surface area contributed by atoms with Gasteiger partial charge in [-0.3, -0.25) is 4.90 Å². The predicted octanol–water partition coefficient (Wildman–Crippen LogP) is 4.41. The van der Waals surface area contributed by atoms with Gasteiger partial charge in [0.05, 0.1) is 12.2 Å². The van der Waals surface area contributed by atoms with Gasteiger partial charge in [0.15, 0.2) is 0 Å². The third kappa shape index (κ3) is 13.1. The van der Waals surface area contributed by atoms with E-state index in [9.17, 15) is 0 Å². The van der Waals surface area contributed by atoms with Gasteiger partial charge in [-0.15, -0.1) is 0 Å². The molecule has 0 radical (unpaired) electrons. The van der Waals surface area contributed by atoms with E-state index in [1.165, 1.54) is 38.9 Å². The predicted molar refractivity (Wildman–Crippen MR) is 114 cm³/mol. The van der Waals surface area contributed by atoms with Crippen LogP contribution in [0.4, 0.5) is 0 Å². The number of rotatable bonds is 4. The Bertz CT molecular complexity index is 329. The molecule has 2 saturated heterocycles. The van der Waals surface area contributed by atoms with Gasteiger partial charge >= 0.3 is 0 Å². The van der Waals surface area contributed by atoms with Crippen molar-refractivity contribution in [1.29, 1.82) is 0 Å². The van der Waals surface area contributed by atoms with Crippen LogP contribution in [0.25, 0.3) is 0 Å². The SMILES string of the molecule is CC(C)O.CC(C)OC1CCCN(C(C)C)C1.CC1CCN(C(C)C)C1. The lowest BCUT2D eigenvalue weighted by molar-refractivity contribution is -0.0391. The van der Waals surface area contributed by atoms with Crippen molar-refractivity contribution >= 4 is 0 Å². The normalized spacial score (nSPS) is 24.7. The van der Waals surface area contributed by atoms with Crippen molar-refractivity contribution in [2.75, 3.05) is 26.2 Å². The van der Waals surface area contributed by atoms with Gasteiger partial charge < -0.3 is 14.7 Å². The molecule has 0 bridgehead atoms. The Balaban J connectivity index is 0.000000416. The third-order valence-electron chi connectivity index (χ3n) is 4.79. The van der Waals surface area contributed by atoms with E-state index in [0.29, 0.717) is 18.2 Å². The second-order valence-corrected chi connectivity index (χ2v) is 9.11. The van der Waals surface area contributed by atoms with Gasteiger partial charge in [0.2, 0.25) is 0 Å². The molecule has 2 rings (SSSR count). The van der Waals surface area contributed by atoms with Crippen molar-refractivity contribution in [3.63, 3.8) is 0 Å². The number of hydrogen-bond donors (Lipinski definition) is 1. The van der Waals surface area contributed by atoms with Crippen LogP contribution < -0.4 is 0 Å². The molecule has 2 aliphatic rings. The smallest absolute Gasteiger partial charge is 0.0706 e. The molecule has 0 aliphatic carbocycles. The Morgan fingerprint density at radius 2 is 1.31 bits per heavy atom. The third-order valence-corrected chi connectivity index (χ3v) is 4.79. The van der Waals surface area contributed by atoms with E-state index in [2.05, 4.69) is 58.3 Å². The molecule has 2 aliphatic heterocycles. The molecule has 2 atom stereocenters. The molecule has 0 spiro atoms. The molecular formula is C22H48N2O2. The van der Waals surface area contributed by atoms with Crippen molar-refractivity contribution in [3.05, 3.63) is 0 Å². The monoisotopic (exact) mass is 372 g/mol. The Hall–Kier alpha value is -0.160. The zero-order valence-electron chi connectivity index (χ0n) is 19.2. The summed E-state index contributed by atoms with van der Waals surface area (Å²) in [4.78, 5) is 5.06. The molecule has 0 amide bonds. The first-order valence-corrected chi connectivity index (χ1v) is 10.8. The zero-order chi connectivity index (χ0) is 20.3. The van der Waals surface area contributed by atoms with Crippen LogP contribution in [0, 0.1) is 5.92 Å². The van der Waals surface area contributed by atoms with Crippen LogP contribution in [0.5, 0.6) is 0 Å². The van der Waals surface area contributed by atoms with Gasteiger partial charge in [-0.1, -0.05) is 6.92 Å². The summed E-state index contributed by atoms with van der Waals surface area (Å²) in [6.45, 7) is 24.1. The fraction of sp³-hybridized carbons (Fsp3) is 1.00. The van der Waals surface area contributed by atoms with Gasteiger partial charge in [0, 0.05) is 31.3 Å². The Morgan fingerprint density at radius 3 is 1.65 bits per heavy atom. The fourth-order valence-electron chi connectivity index (χ4n) is 3.37. The summed E-state index contributed by atoms with van der Waals surface area (Å²) in [6, 6.07) is 1.42. The highest BCUT2D eigenvalue weighted by Gasteiger charge is 2.22. The maximum atomic E-state index is 8.06. The number of aliphatic hydroxyl groups is 1. The second kappa shape index (κ2) is 13.9. The van der Waals surface area contributed by atoms with Crippen LogP contribution in [-0.4, -0.2) is 71.5 Å². The second-order valence-electron chi connectivity index (χ2n) is 9.11. The highest BCUT2D eigenvalue weighted by Crippen LogP contribution is 2.17. The van der Waals surface area contributed by atoms with Crippen LogP contribution in [0.1, 0.15) is 81.6 Å². The van der Waals surface area contributed by atoms with Crippen molar-refractivity contribution in [3.8, 4) is 0 Å². The van der Waals surface area contributed by atoms with Crippen LogP contribution in [0.3, 0.4) is 0 Å². The summed E-state index contributed by atoms with van der Waals surface area (Å²) in [5, 5.41) is 8.06. The van der Waals surface area contributed by atoms with E-state index >= 15 is 0 Å². The van der Waals surface area contributed by atoms with Crippen LogP contribution in [-0.2, 0) is 4.74 Å². The van der Waals surface area contributed by atoms with E-state index in [1.807, 2.05) is 0 Å². The molecule has 4 nitrogen and oxygen atoms in total. The van der Waals surface area contributed by atoms with E-state index < -0.39 is 0 Å². The lowest BCUT2D eigenvalue weighted by Gasteiger charge is -2.36. The molecule has 0 aromatic heterocycles. The molecule has 0 saturated carbocycles. The number of ether oxygens (including phenoxy) is 1. The van der Waals surface area contributed by atoms with Crippen molar-refractivity contribution in [2.45, 2.75) is 112 Å². The first-order valence-electron chi connectivity index (χ1n) is 10.8. The molecule has 1 N–H and O–H groups in total. The summed E-state index contributed by atoms with van der Waals surface area (Å²) in [5.41, 5.74) is 0. The average molecular weight is 373 g/mol. The topological polar surface area (TPSA) is 35.9 Å². The summed E-state index contributed by atoms with van der Waals surface area (Å²) >= 11 is 0. The average Bonchev–Trinajstić information content (AvgIpc) is 2.94. The standard InChI is InChI=1S/C11H23NO.C8H17N.C3H8O/c1-9(2)12-7-5-6-11(8-12)13-10(3)4;1-7(2)9-5-4-8(3)6-9;1-3(2)4/h9-11H,5-8H2,1-4H3;7-8H,4-6H2,1-3H3;3-4H,1-2H3. The van der Waals surface area contributed by atoms with Crippen LogP contribution >= 0.6 is 0 Å². The summed E-state index contributed by atoms with van der Waals surface area (Å²) in [5.74, 6) is 0.937. The molecule has 26 heavy (non-hydrogen) atoms. The Labute approximate surface area is 164 Å². The maximum Gasteiger partial charge on any atom is 0.0706 e. The van der Waals surface area contributed by atoms with Crippen molar-refractivity contribution < 1.29 is 9.84 Å². The van der Waals surface area contributed by atoms with E-state index in [-0.39, 0.29) is 6.10 Å². The van der Waals surface area contributed by atoms with Crippen molar-refractivity contribution in [2.24, 2.45) is 5.92 Å². The van der Waals surface area contributed by atoms with Gasteiger partial charge in [-0.2, -0.15) is 0 Å². The van der Waals surface area contributed by atoms with E-state index in [4.69, 9.17) is 9.84 Å². The molecule has 2 heterocycles. The van der Waals surface area contributed by atoms with Gasteiger partial charge in [-0.25, -0.2) is 0 Å². The lowest BCUT2D eigenvalue weighted by atomic mass is 10.1. The molecular weight excluding hydrogens is 324 g/mol. The number of aliphatic hydroxyl groups excluding tert-OH is 1. The Kier molecular flexibility index (Phi) is 13.8. The molecule has 2 fully saturated rings. The molecule has 2 unspecified atom stereocenters. The minimum absolute atomic E-state index is 0.167. The maximum absolute atomic E-state index is 8.06. The van der Waals surface area contributed by atoms with Crippen molar-refractivity contribution in [1.82, 2.24) is 9.80 Å². The molecule has 4 heteroatoms. The molecule has 0 aromatic carbocycles. The quantitative estimate of drug-likeness (QED) is 0.793. The summed E-state index contributed by atoms with van der Waals surface area (Å²) in [7, 11) is 0. The number of piperidine rings is 1. The van der Waals surface area contributed by atoms with Gasteiger partial charge in [-0.05, 0) is 93.7 Å². The number of likely N-dealkylation sites (tertiary alicyclic amines) is 2. The van der Waals surface area contributed by atoms with Crippen LogP contribution in [0.15, 0.2) is 0 Å².